The average Bonchev–Trinajstić information content (AvgIpc) is 3.33. The highest BCUT2D eigenvalue weighted by Crippen LogP contribution is 2.48. The van der Waals surface area contributed by atoms with Crippen LogP contribution in [0.25, 0.3) is 0 Å². The SMILES string of the molecule is O=C(CCc1cccc(O)c1)NC1CC2(CCN(C(=O)c3ccc(Oc4ccc(C(F)(F)F)cc4)cc3)C2)C1. The summed E-state index contributed by atoms with van der Waals surface area (Å²) in [7, 11) is 0. The van der Waals surface area contributed by atoms with Crippen molar-refractivity contribution in [2.24, 2.45) is 5.41 Å². The monoisotopic (exact) mass is 538 g/mol. The molecule has 204 valence electrons. The average molecular weight is 539 g/mol. The van der Waals surface area contributed by atoms with Crippen LogP contribution < -0.4 is 10.1 Å². The fourth-order valence-electron chi connectivity index (χ4n) is 5.50. The summed E-state index contributed by atoms with van der Waals surface area (Å²) in [5.41, 5.74) is 0.719. The van der Waals surface area contributed by atoms with E-state index in [-0.39, 0.29) is 34.8 Å². The summed E-state index contributed by atoms with van der Waals surface area (Å²) in [5.74, 6) is 0.797. The lowest BCUT2D eigenvalue weighted by atomic mass is 9.65. The first-order valence-electron chi connectivity index (χ1n) is 12.9. The molecule has 39 heavy (non-hydrogen) atoms. The number of hydrogen-bond donors (Lipinski definition) is 2. The van der Waals surface area contributed by atoms with E-state index in [0.29, 0.717) is 37.2 Å². The maximum absolute atomic E-state index is 13.1. The van der Waals surface area contributed by atoms with Gasteiger partial charge in [-0.3, -0.25) is 9.59 Å². The molecule has 2 aliphatic rings. The Morgan fingerprint density at radius 3 is 2.31 bits per heavy atom. The van der Waals surface area contributed by atoms with Gasteiger partial charge >= 0.3 is 6.18 Å². The molecule has 0 bridgehead atoms. The number of rotatable bonds is 7. The van der Waals surface area contributed by atoms with Gasteiger partial charge < -0.3 is 20.1 Å². The zero-order chi connectivity index (χ0) is 27.6. The summed E-state index contributed by atoms with van der Waals surface area (Å²) in [6.45, 7) is 1.30. The highest BCUT2D eigenvalue weighted by atomic mass is 19.4. The first-order chi connectivity index (χ1) is 18.6. The van der Waals surface area contributed by atoms with E-state index < -0.39 is 11.7 Å². The molecular formula is C30H29F3N2O4. The van der Waals surface area contributed by atoms with Crippen LogP contribution in [0.1, 0.15) is 47.2 Å². The van der Waals surface area contributed by atoms with Gasteiger partial charge in [-0.2, -0.15) is 13.2 Å². The number of amides is 2. The van der Waals surface area contributed by atoms with Crippen LogP contribution >= 0.6 is 0 Å². The molecule has 1 aliphatic carbocycles. The van der Waals surface area contributed by atoms with Crippen molar-refractivity contribution in [3.63, 3.8) is 0 Å². The van der Waals surface area contributed by atoms with Gasteiger partial charge in [0.15, 0.2) is 0 Å². The van der Waals surface area contributed by atoms with Crippen LogP contribution in [-0.4, -0.2) is 41.0 Å². The molecule has 2 N–H and O–H groups in total. The van der Waals surface area contributed by atoms with Gasteiger partial charge in [0.2, 0.25) is 5.91 Å². The fraction of sp³-hybridized carbons (Fsp3) is 0.333. The van der Waals surface area contributed by atoms with E-state index in [1.807, 2.05) is 11.0 Å². The number of nitrogens with one attached hydrogen (secondary N) is 1. The number of carbonyl (C=O) groups excluding carboxylic acids is 2. The minimum Gasteiger partial charge on any atom is -0.508 e. The summed E-state index contributed by atoms with van der Waals surface area (Å²) in [6, 6.07) is 18.0. The van der Waals surface area contributed by atoms with Crippen molar-refractivity contribution in [1.29, 1.82) is 0 Å². The number of carbonyl (C=O) groups is 2. The Hall–Kier alpha value is -4.01. The lowest BCUT2D eigenvalue weighted by Crippen LogP contribution is -2.52. The molecule has 1 aliphatic heterocycles. The van der Waals surface area contributed by atoms with Gasteiger partial charge in [-0.05, 0) is 97.3 Å². The van der Waals surface area contributed by atoms with Crippen LogP contribution in [0, 0.1) is 5.41 Å². The number of alkyl halides is 3. The highest BCUT2D eigenvalue weighted by Gasteiger charge is 2.49. The van der Waals surface area contributed by atoms with Gasteiger partial charge in [-0.25, -0.2) is 0 Å². The van der Waals surface area contributed by atoms with Crippen molar-refractivity contribution in [2.75, 3.05) is 13.1 Å². The molecule has 1 heterocycles. The molecule has 0 aromatic heterocycles. The third-order valence-corrected chi connectivity index (χ3v) is 7.52. The van der Waals surface area contributed by atoms with Crippen molar-refractivity contribution in [3.8, 4) is 17.2 Å². The molecule has 0 unspecified atom stereocenters. The van der Waals surface area contributed by atoms with Crippen molar-refractivity contribution in [3.05, 3.63) is 89.5 Å². The summed E-state index contributed by atoms with van der Waals surface area (Å²) in [6.07, 6.45) is -0.908. The number of halogens is 3. The van der Waals surface area contributed by atoms with Crippen molar-refractivity contribution in [1.82, 2.24) is 10.2 Å². The molecule has 6 nitrogen and oxygen atoms in total. The molecule has 1 saturated heterocycles. The predicted molar refractivity (Wildman–Crippen MR) is 139 cm³/mol. The van der Waals surface area contributed by atoms with E-state index in [4.69, 9.17) is 4.74 Å². The number of aromatic hydroxyl groups is 1. The third kappa shape index (κ3) is 6.35. The number of aryl methyl sites for hydroxylation is 1. The lowest BCUT2D eigenvalue weighted by molar-refractivity contribution is -0.137. The van der Waals surface area contributed by atoms with E-state index >= 15 is 0 Å². The number of phenolic OH excluding ortho intramolecular Hbond substituents is 1. The molecule has 1 saturated carbocycles. The number of benzene rings is 3. The summed E-state index contributed by atoms with van der Waals surface area (Å²) < 4.78 is 43.8. The smallest absolute Gasteiger partial charge is 0.416 e. The second kappa shape index (κ2) is 10.6. The number of hydrogen-bond acceptors (Lipinski definition) is 4. The van der Waals surface area contributed by atoms with Gasteiger partial charge in [0.05, 0.1) is 5.56 Å². The van der Waals surface area contributed by atoms with Gasteiger partial charge in [0.1, 0.15) is 17.2 Å². The van der Waals surface area contributed by atoms with Crippen molar-refractivity contribution < 1.29 is 32.6 Å². The number of phenols is 1. The number of ether oxygens (including phenoxy) is 1. The van der Waals surface area contributed by atoms with Gasteiger partial charge in [0, 0.05) is 31.1 Å². The number of likely N-dealkylation sites (tertiary alicyclic amines) is 1. The normalized spacial score (nSPS) is 20.5. The molecule has 9 heteroatoms. The molecule has 3 aromatic rings. The van der Waals surface area contributed by atoms with E-state index in [1.54, 1.807) is 42.5 Å². The Balaban J connectivity index is 1.08. The third-order valence-electron chi connectivity index (χ3n) is 7.52. The highest BCUT2D eigenvalue weighted by molar-refractivity contribution is 5.94. The molecular weight excluding hydrogens is 509 g/mol. The van der Waals surface area contributed by atoms with Gasteiger partial charge in [0.25, 0.3) is 5.91 Å². The van der Waals surface area contributed by atoms with Crippen LogP contribution in [-0.2, 0) is 17.4 Å². The second-order valence-corrected chi connectivity index (χ2v) is 10.5. The summed E-state index contributed by atoms with van der Waals surface area (Å²) >= 11 is 0. The standard InChI is InChI=1S/C30H29F3N2O4/c31-30(32,33)22-7-11-26(12-8-22)39-25-9-5-21(6-10-25)28(38)35-15-14-29(19-35)17-23(18-29)34-27(37)13-4-20-2-1-3-24(36)16-20/h1-3,5-12,16,23,36H,4,13-15,17-19H2,(H,34,37). The molecule has 1 spiro atoms. The largest absolute Gasteiger partial charge is 0.508 e. The molecule has 5 rings (SSSR count). The quantitative estimate of drug-likeness (QED) is 0.390. The van der Waals surface area contributed by atoms with Crippen LogP contribution in [0.15, 0.2) is 72.8 Å². The second-order valence-electron chi connectivity index (χ2n) is 10.5. The maximum Gasteiger partial charge on any atom is 0.416 e. The Labute approximate surface area is 224 Å². The minimum absolute atomic E-state index is 0.0114. The van der Waals surface area contributed by atoms with Crippen molar-refractivity contribution >= 4 is 11.8 Å². The zero-order valence-electron chi connectivity index (χ0n) is 21.2. The van der Waals surface area contributed by atoms with Crippen molar-refractivity contribution in [2.45, 2.75) is 44.3 Å². The molecule has 0 radical (unpaired) electrons. The van der Waals surface area contributed by atoms with Crippen LogP contribution in [0.5, 0.6) is 17.2 Å². The van der Waals surface area contributed by atoms with E-state index in [9.17, 15) is 27.9 Å². The number of nitrogens with zero attached hydrogens (tertiary/aromatic N) is 1. The predicted octanol–water partition coefficient (Wildman–Crippen LogP) is 5.95. The first kappa shape index (κ1) is 26.6. The van der Waals surface area contributed by atoms with Gasteiger partial charge in [-0.15, -0.1) is 0 Å². The maximum atomic E-state index is 13.1. The minimum atomic E-state index is -4.40. The molecule has 0 atom stereocenters. The van der Waals surface area contributed by atoms with Crippen LogP contribution in [0.3, 0.4) is 0 Å². The molecule has 3 aromatic carbocycles. The Morgan fingerprint density at radius 2 is 1.67 bits per heavy atom. The first-order valence-corrected chi connectivity index (χ1v) is 12.9. The Morgan fingerprint density at radius 1 is 1.00 bits per heavy atom. The molecule has 2 amide bonds. The van der Waals surface area contributed by atoms with E-state index in [0.717, 1.165) is 37.0 Å². The topological polar surface area (TPSA) is 78.9 Å². The Kier molecular flexibility index (Phi) is 7.25. The zero-order valence-corrected chi connectivity index (χ0v) is 21.2. The Bertz CT molecular complexity index is 1330. The van der Waals surface area contributed by atoms with E-state index in [1.165, 1.54) is 12.1 Å². The van der Waals surface area contributed by atoms with Crippen LogP contribution in [0.2, 0.25) is 0 Å². The van der Waals surface area contributed by atoms with E-state index in [2.05, 4.69) is 5.32 Å². The summed E-state index contributed by atoms with van der Waals surface area (Å²) in [5, 5.41) is 12.6. The lowest BCUT2D eigenvalue weighted by Gasteiger charge is -2.45. The fourth-order valence-corrected chi connectivity index (χ4v) is 5.50. The summed E-state index contributed by atoms with van der Waals surface area (Å²) in [4.78, 5) is 27.3. The molecule has 2 fully saturated rings. The van der Waals surface area contributed by atoms with Gasteiger partial charge in [-0.1, -0.05) is 12.1 Å². The van der Waals surface area contributed by atoms with Crippen LogP contribution in [0.4, 0.5) is 13.2 Å².